The average molecular weight is 594 g/mol. The van der Waals surface area contributed by atoms with Crippen LogP contribution in [0.1, 0.15) is 26.2 Å². The van der Waals surface area contributed by atoms with Crippen LogP contribution in [0, 0.1) is 0 Å². The maximum absolute atomic E-state index is 15.0. The summed E-state index contributed by atoms with van der Waals surface area (Å²) in [5.41, 5.74) is 0. The molecule has 0 aromatic carbocycles. The Morgan fingerprint density at radius 1 is 1.14 bits per heavy atom. The molecule has 0 spiro atoms. The molecule has 3 N–H and O–H groups in total. The summed E-state index contributed by atoms with van der Waals surface area (Å²) < 4.78 is 40.4. The molecule has 2 saturated heterocycles. The number of aliphatic hydroxyl groups is 1. The van der Waals surface area contributed by atoms with E-state index in [-0.39, 0.29) is 48.6 Å². The number of aromatic nitrogens is 4. The van der Waals surface area contributed by atoms with Gasteiger partial charge in [-0.1, -0.05) is 0 Å². The number of likely N-dealkylation sites (N-methyl/N-ethyl adjacent to an activating group) is 1. The van der Waals surface area contributed by atoms with Crippen molar-refractivity contribution >= 4 is 29.8 Å². The molecule has 0 saturated carbocycles. The van der Waals surface area contributed by atoms with E-state index < -0.39 is 37.1 Å². The first-order valence-electron chi connectivity index (χ1n) is 13.4. The Labute approximate surface area is 240 Å². The fraction of sp³-hybridized carbons (Fsp3) is 0.560. The van der Waals surface area contributed by atoms with Crippen LogP contribution >= 0.6 is 0 Å². The molecule has 0 unspecified atom stereocenters. The Morgan fingerprint density at radius 3 is 2.57 bits per heavy atom. The number of ether oxygens (including phenoxy) is 2. The first-order chi connectivity index (χ1) is 20.1. The van der Waals surface area contributed by atoms with Gasteiger partial charge < -0.3 is 34.6 Å². The first-order valence-corrected chi connectivity index (χ1v) is 13.4. The van der Waals surface area contributed by atoms with E-state index in [0.29, 0.717) is 32.5 Å². The molecule has 2 aromatic heterocycles. The number of amides is 4. The lowest BCUT2D eigenvalue weighted by Crippen LogP contribution is -2.60. The van der Waals surface area contributed by atoms with Crippen LogP contribution in [0.5, 0.6) is 11.8 Å². The van der Waals surface area contributed by atoms with Gasteiger partial charge in [-0.15, -0.1) is 0 Å². The molecule has 42 heavy (non-hydrogen) atoms. The van der Waals surface area contributed by atoms with Gasteiger partial charge in [-0.25, -0.2) is 33.3 Å². The number of hydrogen-bond acceptors (Lipinski definition) is 11. The predicted octanol–water partition coefficient (Wildman–Crippen LogP) is 1.11. The smallest absolute Gasteiger partial charge is 0.414 e. The number of carbonyl (C=O) groups excluding carboxylic acids is 3. The molecule has 2 aromatic rings. The molecule has 2 fully saturated rings. The van der Waals surface area contributed by atoms with E-state index in [4.69, 9.17) is 14.6 Å². The molecule has 0 bridgehead atoms. The molecule has 15 nitrogen and oxygen atoms in total. The molecule has 4 heterocycles. The van der Waals surface area contributed by atoms with Crippen LogP contribution in [0.2, 0.25) is 0 Å². The SMILES string of the molecule is CCOc1cnc(NC(=O)N(C)[C@H]2CN(c3nccc(OC(=O)NC4CCN(C(=O)CO)CC4)n3)CCC2(F)F)cn1. The quantitative estimate of drug-likeness (QED) is 0.400. The fourth-order valence-electron chi connectivity index (χ4n) is 4.62. The van der Waals surface area contributed by atoms with Gasteiger partial charge in [0.2, 0.25) is 23.6 Å². The van der Waals surface area contributed by atoms with Crippen LogP contribution in [0.25, 0.3) is 0 Å². The number of alkyl halides is 2. The number of urea groups is 1. The summed E-state index contributed by atoms with van der Waals surface area (Å²) in [5.74, 6) is -3.25. The summed E-state index contributed by atoms with van der Waals surface area (Å²) in [5, 5.41) is 14.2. The van der Waals surface area contributed by atoms with Crippen LogP contribution in [0.3, 0.4) is 0 Å². The number of rotatable bonds is 8. The number of halogens is 2. The molecule has 228 valence electrons. The van der Waals surface area contributed by atoms with E-state index in [9.17, 15) is 23.2 Å². The highest BCUT2D eigenvalue weighted by molar-refractivity contribution is 5.88. The maximum atomic E-state index is 15.0. The van der Waals surface area contributed by atoms with E-state index in [1.165, 1.54) is 41.5 Å². The van der Waals surface area contributed by atoms with E-state index in [1.54, 1.807) is 6.92 Å². The highest BCUT2D eigenvalue weighted by Crippen LogP contribution is 2.33. The second kappa shape index (κ2) is 13.5. The zero-order valence-corrected chi connectivity index (χ0v) is 23.2. The Morgan fingerprint density at radius 2 is 1.90 bits per heavy atom. The van der Waals surface area contributed by atoms with Crippen molar-refractivity contribution in [3.63, 3.8) is 0 Å². The van der Waals surface area contributed by atoms with Crippen molar-refractivity contribution in [1.29, 1.82) is 0 Å². The number of piperidine rings is 2. The Hall–Kier alpha value is -4.41. The van der Waals surface area contributed by atoms with Gasteiger partial charge in [0.25, 0.3) is 5.92 Å². The van der Waals surface area contributed by atoms with Crippen molar-refractivity contribution in [3.8, 4) is 11.8 Å². The summed E-state index contributed by atoms with van der Waals surface area (Å²) in [7, 11) is 1.26. The number of anilines is 2. The lowest BCUT2D eigenvalue weighted by atomic mass is 10.00. The second-order valence-corrected chi connectivity index (χ2v) is 9.73. The predicted molar refractivity (Wildman–Crippen MR) is 143 cm³/mol. The molecular weight excluding hydrogens is 560 g/mol. The molecule has 2 aliphatic heterocycles. The van der Waals surface area contributed by atoms with E-state index in [2.05, 4.69) is 30.6 Å². The first kappa shape index (κ1) is 30.5. The Kier molecular flexibility index (Phi) is 9.82. The summed E-state index contributed by atoms with van der Waals surface area (Å²) >= 11 is 0. The molecule has 0 radical (unpaired) electrons. The largest absolute Gasteiger partial charge is 0.477 e. The minimum absolute atomic E-state index is 0.0582. The summed E-state index contributed by atoms with van der Waals surface area (Å²) in [6.07, 6.45) is 3.57. The van der Waals surface area contributed by atoms with Gasteiger partial charge in [-0.3, -0.25) is 10.1 Å². The van der Waals surface area contributed by atoms with Gasteiger partial charge in [0, 0.05) is 58.0 Å². The van der Waals surface area contributed by atoms with Crippen molar-refractivity contribution in [1.82, 2.24) is 35.1 Å². The topological polar surface area (TPSA) is 175 Å². The number of nitrogens with zero attached hydrogens (tertiary/aromatic N) is 7. The van der Waals surface area contributed by atoms with Crippen LogP contribution in [0.15, 0.2) is 24.7 Å². The van der Waals surface area contributed by atoms with Gasteiger partial charge >= 0.3 is 12.1 Å². The molecule has 4 amide bonds. The molecule has 4 rings (SSSR count). The summed E-state index contributed by atoms with van der Waals surface area (Å²) in [6.45, 7) is 2.01. The minimum atomic E-state index is -3.20. The van der Waals surface area contributed by atoms with Crippen LogP contribution in [-0.2, 0) is 4.79 Å². The van der Waals surface area contributed by atoms with Crippen molar-refractivity contribution < 1.29 is 37.7 Å². The van der Waals surface area contributed by atoms with Gasteiger partial charge in [-0.05, 0) is 19.8 Å². The van der Waals surface area contributed by atoms with Crippen molar-refractivity contribution in [2.45, 2.75) is 44.2 Å². The lowest BCUT2D eigenvalue weighted by Gasteiger charge is -2.42. The third-order valence-electron chi connectivity index (χ3n) is 6.94. The zero-order chi connectivity index (χ0) is 30.3. The molecule has 2 aliphatic rings. The monoisotopic (exact) mass is 593 g/mol. The van der Waals surface area contributed by atoms with Crippen LogP contribution in [-0.4, -0.2) is 117 Å². The van der Waals surface area contributed by atoms with E-state index >= 15 is 0 Å². The summed E-state index contributed by atoms with van der Waals surface area (Å²) in [4.78, 5) is 57.1. The van der Waals surface area contributed by atoms with Crippen molar-refractivity contribution in [3.05, 3.63) is 24.7 Å². The van der Waals surface area contributed by atoms with Crippen LogP contribution < -0.4 is 25.0 Å². The molecule has 0 aliphatic carbocycles. The van der Waals surface area contributed by atoms with Gasteiger partial charge in [0.15, 0.2) is 5.82 Å². The second-order valence-electron chi connectivity index (χ2n) is 9.73. The normalized spacial score (nSPS) is 18.6. The third-order valence-corrected chi connectivity index (χ3v) is 6.94. The molecule has 1 atom stereocenters. The lowest BCUT2D eigenvalue weighted by molar-refractivity contribution is -0.135. The highest BCUT2D eigenvalue weighted by Gasteiger charge is 2.48. The Bertz CT molecular complexity index is 1250. The number of nitrogens with one attached hydrogen (secondary N) is 2. The average Bonchev–Trinajstić information content (AvgIpc) is 2.98. The third kappa shape index (κ3) is 7.65. The standard InChI is InChI=1S/C25H33F2N9O6/c1-3-41-20-13-29-18(12-30-20)32-23(39)34(2)17-14-36(11-7-25(17,26)27)22-28-8-4-19(33-22)42-24(40)31-16-5-9-35(10-6-16)21(38)15-37/h4,8,12-13,16-17,37H,3,5-7,9-11,14-15H2,1-2H3,(H,31,40)(H,29,32,39)/t17-/m0/s1. The number of likely N-dealkylation sites (tertiary alicyclic amines) is 1. The van der Waals surface area contributed by atoms with E-state index in [1.807, 2.05) is 0 Å². The maximum Gasteiger partial charge on any atom is 0.414 e. The van der Waals surface area contributed by atoms with Gasteiger partial charge in [0.05, 0.1) is 19.0 Å². The fourth-order valence-corrected chi connectivity index (χ4v) is 4.62. The minimum Gasteiger partial charge on any atom is -0.477 e. The van der Waals surface area contributed by atoms with Crippen LogP contribution in [0.4, 0.5) is 30.1 Å². The highest BCUT2D eigenvalue weighted by atomic mass is 19.3. The van der Waals surface area contributed by atoms with Gasteiger partial charge in [0.1, 0.15) is 12.6 Å². The van der Waals surface area contributed by atoms with Crippen molar-refractivity contribution in [2.24, 2.45) is 0 Å². The summed E-state index contributed by atoms with van der Waals surface area (Å²) in [6, 6.07) is -1.20. The Balaban J connectivity index is 1.34. The van der Waals surface area contributed by atoms with Gasteiger partial charge in [-0.2, -0.15) is 4.98 Å². The number of carbonyl (C=O) groups is 3. The molecule has 17 heteroatoms. The van der Waals surface area contributed by atoms with E-state index in [0.717, 1.165) is 4.90 Å². The van der Waals surface area contributed by atoms with Crippen molar-refractivity contribution in [2.75, 3.05) is 56.7 Å². The number of hydrogen-bond donors (Lipinski definition) is 3. The zero-order valence-electron chi connectivity index (χ0n) is 23.2. The molecular formula is C25H33F2N9O6. The number of aliphatic hydroxyl groups excluding tert-OH is 1.